The van der Waals surface area contributed by atoms with E-state index < -0.39 is 11.7 Å². The van der Waals surface area contributed by atoms with Gasteiger partial charge in [0, 0.05) is 25.2 Å². The minimum Gasteiger partial charge on any atom is -0.373 e. The number of halogens is 3. The van der Waals surface area contributed by atoms with Gasteiger partial charge in [-0.05, 0) is 23.3 Å². The molecule has 0 aliphatic carbocycles. The van der Waals surface area contributed by atoms with E-state index in [4.69, 9.17) is 0 Å². The van der Waals surface area contributed by atoms with E-state index in [2.05, 4.69) is 4.90 Å². The van der Waals surface area contributed by atoms with Gasteiger partial charge < -0.3 is 4.90 Å². The molecule has 0 N–H and O–H groups in total. The summed E-state index contributed by atoms with van der Waals surface area (Å²) in [6, 6.07) is 13.5. The monoisotopic (exact) mass is 337 g/mol. The summed E-state index contributed by atoms with van der Waals surface area (Å²) < 4.78 is 38.5. The van der Waals surface area contributed by atoms with Crippen molar-refractivity contribution in [3.63, 3.8) is 0 Å². The van der Waals surface area contributed by atoms with E-state index >= 15 is 0 Å². The first kappa shape index (κ1) is 20.1. The molecule has 0 fully saturated rings. The first-order chi connectivity index (χ1) is 11.5. The first-order valence-corrected chi connectivity index (χ1v) is 8.44. The summed E-state index contributed by atoms with van der Waals surface area (Å²) in [5.74, 6) is -0.00139. The summed E-state index contributed by atoms with van der Waals surface area (Å²) in [4.78, 5) is 2.08. The lowest BCUT2D eigenvalue weighted by Gasteiger charge is -2.15. The third-order valence-electron chi connectivity index (χ3n) is 3.80. The first-order valence-electron chi connectivity index (χ1n) is 8.44. The second kappa shape index (κ2) is 8.76. The van der Waals surface area contributed by atoms with Crippen LogP contribution in [0.15, 0.2) is 48.5 Å². The summed E-state index contributed by atoms with van der Waals surface area (Å²) in [5.41, 5.74) is 2.32. The topological polar surface area (TPSA) is 3.24 Å². The van der Waals surface area contributed by atoms with Crippen LogP contribution in [-0.2, 0) is 6.18 Å². The molecule has 2 aromatic rings. The molecule has 0 bridgehead atoms. The fourth-order valence-electron chi connectivity index (χ4n) is 2.82. The maximum Gasteiger partial charge on any atom is 0.416 e. The standard InChI is InChI=1S/C16H14F3N.2C2H6/c1-20-10-14(13-7-2-3-8-15(13)20)11-5-4-6-12(9-11)16(17,18)19;2*1-2/h2-9,14H,10H2,1H3;2*1-2H3. The van der Waals surface area contributed by atoms with Gasteiger partial charge in [-0.2, -0.15) is 13.2 Å². The van der Waals surface area contributed by atoms with E-state index in [1.807, 2.05) is 59.0 Å². The third kappa shape index (κ3) is 4.31. The normalized spacial score (nSPS) is 15.7. The third-order valence-corrected chi connectivity index (χ3v) is 3.80. The Morgan fingerprint density at radius 3 is 2.17 bits per heavy atom. The van der Waals surface area contributed by atoms with Crippen molar-refractivity contribution in [3.05, 3.63) is 65.2 Å². The van der Waals surface area contributed by atoms with Crippen molar-refractivity contribution in [3.8, 4) is 0 Å². The van der Waals surface area contributed by atoms with Crippen LogP contribution in [0.4, 0.5) is 18.9 Å². The number of alkyl halides is 3. The number of hydrogen-bond acceptors (Lipinski definition) is 1. The average Bonchev–Trinajstić information content (AvgIpc) is 2.95. The van der Waals surface area contributed by atoms with Crippen LogP contribution in [0.25, 0.3) is 0 Å². The van der Waals surface area contributed by atoms with Crippen molar-refractivity contribution >= 4 is 5.69 Å². The molecule has 0 saturated carbocycles. The summed E-state index contributed by atoms with van der Waals surface area (Å²) in [6.45, 7) is 8.71. The Balaban J connectivity index is 0.000000671. The molecule has 1 unspecified atom stereocenters. The van der Waals surface area contributed by atoms with Gasteiger partial charge in [0.25, 0.3) is 0 Å². The van der Waals surface area contributed by atoms with E-state index in [0.717, 1.165) is 22.9 Å². The van der Waals surface area contributed by atoms with Crippen LogP contribution in [0.1, 0.15) is 50.3 Å². The van der Waals surface area contributed by atoms with Gasteiger partial charge in [0.15, 0.2) is 0 Å². The van der Waals surface area contributed by atoms with Crippen molar-refractivity contribution in [2.75, 3.05) is 18.5 Å². The number of rotatable bonds is 1. The molecule has 4 heteroatoms. The summed E-state index contributed by atoms with van der Waals surface area (Å²) in [5, 5.41) is 0. The summed E-state index contributed by atoms with van der Waals surface area (Å²) in [6.07, 6.45) is -4.29. The number of para-hydroxylation sites is 1. The Morgan fingerprint density at radius 2 is 1.54 bits per heavy atom. The molecular formula is C20H26F3N. The lowest BCUT2D eigenvalue weighted by Crippen LogP contribution is -2.16. The van der Waals surface area contributed by atoms with Crippen LogP contribution in [0, 0.1) is 0 Å². The number of hydrogen-bond donors (Lipinski definition) is 0. The zero-order valence-electron chi connectivity index (χ0n) is 15.0. The molecule has 1 atom stereocenters. The average molecular weight is 337 g/mol. The molecule has 0 spiro atoms. The zero-order chi connectivity index (χ0) is 18.3. The Bertz CT molecular complexity index is 635. The fourth-order valence-corrected chi connectivity index (χ4v) is 2.82. The smallest absolute Gasteiger partial charge is 0.373 e. The minimum absolute atomic E-state index is 0.00139. The van der Waals surface area contributed by atoms with Crippen LogP contribution in [0.5, 0.6) is 0 Å². The van der Waals surface area contributed by atoms with Crippen LogP contribution in [0.2, 0.25) is 0 Å². The fraction of sp³-hybridized carbons (Fsp3) is 0.400. The predicted octanol–water partition coefficient (Wildman–Crippen LogP) is 6.34. The molecule has 1 aliphatic heterocycles. The van der Waals surface area contributed by atoms with Crippen molar-refractivity contribution in [1.82, 2.24) is 0 Å². The van der Waals surface area contributed by atoms with Gasteiger partial charge in [0.2, 0.25) is 0 Å². The maximum atomic E-state index is 12.8. The van der Waals surface area contributed by atoms with Crippen molar-refractivity contribution in [2.45, 2.75) is 39.8 Å². The lowest BCUT2D eigenvalue weighted by molar-refractivity contribution is -0.137. The van der Waals surface area contributed by atoms with E-state index in [-0.39, 0.29) is 5.92 Å². The van der Waals surface area contributed by atoms with Gasteiger partial charge in [-0.25, -0.2) is 0 Å². The minimum atomic E-state index is -4.29. The molecule has 1 aliphatic rings. The molecule has 3 rings (SSSR count). The Morgan fingerprint density at radius 1 is 0.917 bits per heavy atom. The van der Waals surface area contributed by atoms with Gasteiger partial charge in [-0.1, -0.05) is 64.1 Å². The van der Waals surface area contributed by atoms with E-state index in [1.165, 1.54) is 12.1 Å². The highest BCUT2D eigenvalue weighted by Crippen LogP contribution is 2.40. The molecule has 132 valence electrons. The van der Waals surface area contributed by atoms with Crippen LogP contribution >= 0.6 is 0 Å². The number of likely N-dealkylation sites (N-methyl/N-ethyl adjacent to an activating group) is 1. The SMILES string of the molecule is CC.CC.CN1CC(c2cccc(C(F)(F)F)c2)c2ccccc21. The summed E-state index contributed by atoms with van der Waals surface area (Å²) >= 11 is 0. The molecular weight excluding hydrogens is 311 g/mol. The number of benzene rings is 2. The van der Waals surface area contributed by atoms with Gasteiger partial charge in [-0.15, -0.1) is 0 Å². The van der Waals surface area contributed by atoms with E-state index in [9.17, 15) is 13.2 Å². The molecule has 0 radical (unpaired) electrons. The summed E-state index contributed by atoms with van der Waals surface area (Å²) in [7, 11) is 1.96. The zero-order valence-corrected chi connectivity index (χ0v) is 15.0. The molecule has 24 heavy (non-hydrogen) atoms. The predicted molar refractivity (Wildman–Crippen MR) is 95.7 cm³/mol. The number of fused-ring (bicyclic) bond motifs is 1. The largest absolute Gasteiger partial charge is 0.416 e. The Kier molecular flexibility index (Phi) is 7.33. The quantitative estimate of drug-likeness (QED) is 0.587. The lowest BCUT2D eigenvalue weighted by atomic mass is 9.92. The second-order valence-corrected chi connectivity index (χ2v) is 5.12. The molecule has 0 amide bonds. The Labute approximate surface area is 143 Å². The Hall–Kier alpha value is -1.97. The van der Waals surface area contributed by atoms with Gasteiger partial charge in [0.05, 0.1) is 5.56 Å². The highest BCUT2D eigenvalue weighted by molar-refractivity contribution is 5.62. The van der Waals surface area contributed by atoms with Crippen LogP contribution in [-0.4, -0.2) is 13.6 Å². The number of anilines is 1. The molecule has 1 nitrogen and oxygen atoms in total. The van der Waals surface area contributed by atoms with Gasteiger partial charge >= 0.3 is 6.18 Å². The van der Waals surface area contributed by atoms with Crippen LogP contribution in [0.3, 0.4) is 0 Å². The second-order valence-electron chi connectivity index (χ2n) is 5.12. The van der Waals surface area contributed by atoms with Crippen molar-refractivity contribution in [1.29, 1.82) is 0 Å². The number of nitrogens with zero attached hydrogens (tertiary/aromatic N) is 1. The van der Waals surface area contributed by atoms with E-state index in [0.29, 0.717) is 6.54 Å². The highest BCUT2D eigenvalue weighted by atomic mass is 19.4. The maximum absolute atomic E-state index is 12.8. The van der Waals surface area contributed by atoms with Crippen molar-refractivity contribution in [2.24, 2.45) is 0 Å². The highest BCUT2D eigenvalue weighted by Gasteiger charge is 2.33. The van der Waals surface area contributed by atoms with Gasteiger partial charge in [0.1, 0.15) is 0 Å². The molecule has 0 saturated heterocycles. The molecule has 2 aromatic carbocycles. The van der Waals surface area contributed by atoms with E-state index in [1.54, 1.807) is 6.07 Å². The molecule has 0 aromatic heterocycles. The molecule has 1 heterocycles. The van der Waals surface area contributed by atoms with Crippen molar-refractivity contribution < 1.29 is 13.2 Å². The van der Waals surface area contributed by atoms with Gasteiger partial charge in [-0.3, -0.25) is 0 Å². The van der Waals surface area contributed by atoms with Crippen LogP contribution < -0.4 is 4.90 Å².